The van der Waals surface area contributed by atoms with Crippen molar-refractivity contribution in [2.24, 2.45) is 0 Å². The maximum Gasteiger partial charge on any atom is 0.495 e. The second-order valence-electron chi connectivity index (χ2n) is 7.72. The Labute approximate surface area is 184 Å². The standard InChI is InChI=1S/C21H20F6N3O3/c1-28(2)16-6-3-13(4-7-16)14-9-10-29(11-14)17-8-5-15(18(31)20(22,23)24)12-30(17)33-19(32)21(25,26)27/h3-8,12,14H,9-11H2,1-2H3/q+1. The lowest BCUT2D eigenvalue weighted by molar-refractivity contribution is -0.860. The number of alkyl halides is 6. The van der Waals surface area contributed by atoms with Crippen molar-refractivity contribution < 1.29 is 45.5 Å². The molecule has 0 saturated carbocycles. The fourth-order valence-electron chi connectivity index (χ4n) is 3.52. The Bertz CT molecular complexity index is 1040. The van der Waals surface area contributed by atoms with Gasteiger partial charge in [0.25, 0.3) is 5.78 Å². The molecule has 0 aliphatic carbocycles. The molecular weight excluding hydrogens is 456 g/mol. The van der Waals surface area contributed by atoms with Gasteiger partial charge in [0.1, 0.15) is 6.20 Å². The molecule has 0 spiro atoms. The number of aromatic nitrogens is 1. The number of carbonyl (C=O) groups is 2. The highest BCUT2D eigenvalue weighted by molar-refractivity contribution is 5.99. The summed E-state index contributed by atoms with van der Waals surface area (Å²) >= 11 is 0. The molecule has 0 radical (unpaired) electrons. The van der Waals surface area contributed by atoms with Crippen molar-refractivity contribution in [3.05, 3.63) is 53.7 Å². The molecule has 1 fully saturated rings. The van der Waals surface area contributed by atoms with Gasteiger partial charge in [-0.3, -0.25) is 9.69 Å². The Balaban J connectivity index is 1.89. The highest BCUT2D eigenvalue weighted by atomic mass is 19.4. The molecule has 1 aliphatic heterocycles. The van der Waals surface area contributed by atoms with Crippen molar-refractivity contribution in [1.29, 1.82) is 0 Å². The summed E-state index contributed by atoms with van der Waals surface area (Å²) in [6.07, 6.45) is -9.58. The molecule has 178 valence electrons. The first-order valence-corrected chi connectivity index (χ1v) is 9.76. The smallest absolute Gasteiger partial charge is 0.378 e. The molecule has 0 bridgehead atoms. The van der Waals surface area contributed by atoms with Crippen LogP contribution in [0.4, 0.5) is 37.8 Å². The monoisotopic (exact) mass is 476 g/mol. The minimum atomic E-state index is -5.38. The number of anilines is 2. The zero-order chi connectivity index (χ0) is 24.6. The maximum atomic E-state index is 12.8. The molecule has 1 aromatic heterocycles. The van der Waals surface area contributed by atoms with E-state index in [2.05, 4.69) is 4.84 Å². The van der Waals surface area contributed by atoms with Gasteiger partial charge in [0.2, 0.25) is 0 Å². The zero-order valence-corrected chi connectivity index (χ0v) is 17.6. The molecule has 2 heterocycles. The predicted octanol–water partition coefficient (Wildman–Crippen LogP) is 3.30. The lowest BCUT2D eigenvalue weighted by Crippen LogP contribution is -2.54. The number of hydrogen-bond acceptors (Lipinski definition) is 5. The number of rotatable bonds is 5. The van der Waals surface area contributed by atoms with Crippen molar-refractivity contribution in [2.75, 3.05) is 37.0 Å². The van der Waals surface area contributed by atoms with Crippen molar-refractivity contribution in [1.82, 2.24) is 0 Å². The SMILES string of the molecule is CN(C)c1ccc(C2CCN(c3ccc(C(=O)C(F)(F)F)c[n+]3OC(=O)C(F)(F)F)C2)cc1. The number of hydrogen-bond donors (Lipinski definition) is 0. The van der Waals surface area contributed by atoms with Crippen LogP contribution in [0.5, 0.6) is 0 Å². The molecule has 2 aromatic rings. The number of Topliss-reactive ketones (excluding diaryl/α,β-unsaturated/α-hetero) is 1. The third kappa shape index (κ3) is 5.55. The van der Waals surface area contributed by atoms with Gasteiger partial charge >= 0.3 is 24.1 Å². The van der Waals surface area contributed by atoms with Gasteiger partial charge in [-0.25, -0.2) is 9.63 Å². The van der Waals surface area contributed by atoms with Crippen LogP contribution in [0.2, 0.25) is 0 Å². The molecule has 1 aromatic carbocycles. The number of benzene rings is 1. The summed E-state index contributed by atoms with van der Waals surface area (Å²) in [6, 6.07) is 9.54. The van der Waals surface area contributed by atoms with E-state index >= 15 is 0 Å². The molecule has 1 unspecified atom stereocenters. The van der Waals surface area contributed by atoms with Crippen molar-refractivity contribution in [2.45, 2.75) is 24.7 Å². The van der Waals surface area contributed by atoms with Gasteiger partial charge in [0.15, 0.2) is 0 Å². The summed E-state index contributed by atoms with van der Waals surface area (Å²) in [5.74, 6) is -4.99. The van der Waals surface area contributed by atoms with E-state index in [1.165, 1.54) is 0 Å². The fraction of sp³-hybridized carbons (Fsp3) is 0.381. The lowest BCUT2D eigenvalue weighted by Gasteiger charge is -2.16. The first kappa shape index (κ1) is 24.3. The number of halogens is 6. The summed E-state index contributed by atoms with van der Waals surface area (Å²) in [5, 5.41) is 0. The highest BCUT2D eigenvalue weighted by Gasteiger charge is 2.45. The van der Waals surface area contributed by atoms with Crippen molar-refractivity contribution >= 4 is 23.3 Å². The van der Waals surface area contributed by atoms with Crippen LogP contribution in [-0.4, -0.2) is 51.3 Å². The third-order valence-corrected chi connectivity index (χ3v) is 5.22. The van der Waals surface area contributed by atoms with Crippen LogP contribution < -0.4 is 19.4 Å². The van der Waals surface area contributed by atoms with Gasteiger partial charge in [-0.2, -0.15) is 26.3 Å². The maximum absolute atomic E-state index is 12.8. The molecular formula is C21H20F6N3O3+. The molecule has 33 heavy (non-hydrogen) atoms. The van der Waals surface area contributed by atoms with Crippen LogP contribution in [-0.2, 0) is 4.79 Å². The zero-order valence-electron chi connectivity index (χ0n) is 17.6. The van der Waals surface area contributed by atoms with Crippen LogP contribution >= 0.6 is 0 Å². The number of nitrogens with zero attached hydrogens (tertiary/aromatic N) is 3. The van der Waals surface area contributed by atoms with E-state index < -0.39 is 29.7 Å². The van der Waals surface area contributed by atoms with Gasteiger partial charge in [-0.15, -0.1) is 0 Å². The quantitative estimate of drug-likeness (QED) is 0.377. The van der Waals surface area contributed by atoms with Gasteiger partial charge in [0.05, 0.1) is 18.7 Å². The molecule has 0 N–H and O–H groups in total. The van der Waals surface area contributed by atoms with Crippen LogP contribution in [0.3, 0.4) is 0 Å². The second-order valence-corrected chi connectivity index (χ2v) is 7.72. The summed E-state index contributed by atoms with van der Waals surface area (Å²) < 4.78 is 76.7. The highest BCUT2D eigenvalue weighted by Crippen LogP contribution is 2.31. The Morgan fingerprint density at radius 1 is 1.00 bits per heavy atom. The topological polar surface area (TPSA) is 53.7 Å². The third-order valence-electron chi connectivity index (χ3n) is 5.22. The second kappa shape index (κ2) is 8.91. The van der Waals surface area contributed by atoms with Crippen LogP contribution in [0.1, 0.15) is 28.3 Å². The van der Waals surface area contributed by atoms with E-state index in [1.54, 1.807) is 4.90 Å². The van der Waals surface area contributed by atoms with Gasteiger partial charge < -0.3 is 4.90 Å². The van der Waals surface area contributed by atoms with E-state index in [1.807, 2.05) is 43.3 Å². The van der Waals surface area contributed by atoms with E-state index in [-0.39, 0.29) is 16.5 Å². The average Bonchev–Trinajstić information content (AvgIpc) is 3.21. The Kier molecular flexibility index (Phi) is 6.57. The Morgan fingerprint density at radius 2 is 1.64 bits per heavy atom. The van der Waals surface area contributed by atoms with Gasteiger partial charge in [-0.1, -0.05) is 12.1 Å². The normalized spacial score (nSPS) is 16.6. The largest absolute Gasteiger partial charge is 0.495 e. The van der Waals surface area contributed by atoms with Crippen LogP contribution in [0.15, 0.2) is 42.6 Å². The van der Waals surface area contributed by atoms with Crippen LogP contribution in [0.25, 0.3) is 0 Å². The van der Waals surface area contributed by atoms with Gasteiger partial charge in [0, 0.05) is 31.8 Å². The molecule has 1 saturated heterocycles. The van der Waals surface area contributed by atoms with E-state index in [9.17, 15) is 35.9 Å². The van der Waals surface area contributed by atoms with Gasteiger partial charge in [-0.05, 0) is 34.9 Å². The first-order valence-electron chi connectivity index (χ1n) is 9.76. The molecule has 3 rings (SSSR count). The minimum Gasteiger partial charge on any atom is -0.378 e. The predicted molar refractivity (Wildman–Crippen MR) is 105 cm³/mol. The molecule has 6 nitrogen and oxygen atoms in total. The van der Waals surface area contributed by atoms with E-state index in [4.69, 9.17) is 0 Å². The van der Waals surface area contributed by atoms with Crippen molar-refractivity contribution in [3.63, 3.8) is 0 Å². The Hall–Kier alpha value is -3.31. The minimum absolute atomic E-state index is 0.00976. The average molecular weight is 476 g/mol. The number of carbonyl (C=O) groups excluding carboxylic acids is 2. The lowest BCUT2D eigenvalue weighted by atomic mass is 9.98. The van der Waals surface area contributed by atoms with E-state index in [0.29, 0.717) is 25.7 Å². The summed E-state index contributed by atoms with van der Waals surface area (Å²) in [4.78, 5) is 30.7. The van der Waals surface area contributed by atoms with E-state index in [0.717, 1.165) is 23.4 Å². The molecule has 1 aliphatic rings. The summed E-state index contributed by atoms with van der Waals surface area (Å²) in [6.45, 7) is 0.660. The number of pyridine rings is 1. The molecule has 0 amide bonds. The fourth-order valence-corrected chi connectivity index (χ4v) is 3.52. The molecule has 1 atom stereocenters. The first-order chi connectivity index (χ1) is 15.3. The van der Waals surface area contributed by atoms with Crippen molar-refractivity contribution in [3.8, 4) is 0 Å². The Morgan fingerprint density at radius 3 is 2.18 bits per heavy atom. The number of ketones is 1. The summed E-state index contributed by atoms with van der Waals surface area (Å²) in [7, 11) is 3.78. The van der Waals surface area contributed by atoms with Crippen LogP contribution in [0, 0.1) is 0 Å². The molecule has 12 heteroatoms. The summed E-state index contributed by atoms with van der Waals surface area (Å²) in [5.41, 5.74) is 0.998.